The van der Waals surface area contributed by atoms with Crippen molar-refractivity contribution in [3.63, 3.8) is 0 Å². The zero-order valence-corrected chi connectivity index (χ0v) is 21.2. The van der Waals surface area contributed by atoms with Crippen LogP contribution in [-0.4, -0.2) is 72.9 Å². The highest BCUT2D eigenvalue weighted by Gasteiger charge is 2.38. The number of hydrogen-bond donors (Lipinski definition) is 1. The molecule has 0 saturated carbocycles. The third kappa shape index (κ3) is 5.95. The van der Waals surface area contributed by atoms with Gasteiger partial charge in [-0.25, -0.2) is 4.98 Å². The molecule has 9 nitrogen and oxygen atoms in total. The lowest BCUT2D eigenvalue weighted by atomic mass is 9.94. The number of benzene rings is 1. The summed E-state index contributed by atoms with van der Waals surface area (Å²) in [6, 6.07) is 9.44. The molecule has 2 saturated heterocycles. The Hall–Kier alpha value is -3.62. The Bertz CT molecular complexity index is 1110. The van der Waals surface area contributed by atoms with Crippen LogP contribution in [0, 0.1) is 18.8 Å². The summed E-state index contributed by atoms with van der Waals surface area (Å²) in [6.45, 7) is 3.98. The van der Waals surface area contributed by atoms with Gasteiger partial charge in [-0.15, -0.1) is 0 Å². The number of piperidine rings is 1. The molecule has 3 amide bonds. The van der Waals surface area contributed by atoms with Crippen LogP contribution in [0.5, 0.6) is 11.5 Å². The van der Waals surface area contributed by atoms with Gasteiger partial charge in [-0.1, -0.05) is 6.07 Å². The second-order valence-corrected chi connectivity index (χ2v) is 9.49. The first-order valence-corrected chi connectivity index (χ1v) is 12.4. The molecule has 36 heavy (non-hydrogen) atoms. The maximum atomic E-state index is 13.1. The number of nitrogens with zero attached hydrogens (tertiary/aromatic N) is 3. The monoisotopic (exact) mass is 494 g/mol. The number of carbonyl (C=O) groups is 3. The van der Waals surface area contributed by atoms with Crippen molar-refractivity contribution in [3.8, 4) is 11.5 Å². The van der Waals surface area contributed by atoms with Gasteiger partial charge in [0.15, 0.2) is 11.5 Å². The van der Waals surface area contributed by atoms with Crippen LogP contribution in [0.25, 0.3) is 0 Å². The number of nitrogens with one attached hydrogen (secondary N) is 1. The van der Waals surface area contributed by atoms with Crippen LogP contribution < -0.4 is 14.8 Å². The number of pyridine rings is 1. The van der Waals surface area contributed by atoms with E-state index < -0.39 is 0 Å². The van der Waals surface area contributed by atoms with Crippen LogP contribution in [0.1, 0.15) is 30.4 Å². The minimum atomic E-state index is -0.329. The lowest BCUT2D eigenvalue weighted by Crippen LogP contribution is -2.44. The highest BCUT2D eigenvalue weighted by Crippen LogP contribution is 2.29. The van der Waals surface area contributed by atoms with Crippen molar-refractivity contribution in [3.05, 3.63) is 47.7 Å². The topological polar surface area (TPSA) is 101 Å². The SMILES string of the molecule is COc1ccc(CCN2CC(C(=O)N3CCC(C(=O)Nc4cc(C)ccn4)CC3)CC2=O)cc1OC. The number of hydrogen-bond acceptors (Lipinski definition) is 6. The Morgan fingerprint density at radius 1 is 1.06 bits per heavy atom. The molecule has 2 aliphatic rings. The van der Waals surface area contributed by atoms with E-state index >= 15 is 0 Å². The van der Waals surface area contributed by atoms with E-state index in [1.807, 2.05) is 42.2 Å². The molecule has 2 aliphatic heterocycles. The summed E-state index contributed by atoms with van der Waals surface area (Å²) in [7, 11) is 3.19. The molecule has 2 aromatic rings. The molecule has 1 atom stereocenters. The van der Waals surface area contributed by atoms with Crippen LogP contribution >= 0.6 is 0 Å². The summed E-state index contributed by atoms with van der Waals surface area (Å²) >= 11 is 0. The molecule has 0 radical (unpaired) electrons. The van der Waals surface area contributed by atoms with E-state index in [1.165, 1.54) is 0 Å². The number of ether oxygens (including phenoxy) is 2. The van der Waals surface area contributed by atoms with Crippen LogP contribution in [0.2, 0.25) is 0 Å². The van der Waals surface area contributed by atoms with Gasteiger partial charge in [0.25, 0.3) is 0 Å². The third-order valence-electron chi connectivity index (χ3n) is 7.03. The predicted octanol–water partition coefficient (Wildman–Crippen LogP) is 2.68. The number of aryl methyl sites for hydroxylation is 1. The first-order chi connectivity index (χ1) is 17.4. The fraction of sp³-hybridized carbons (Fsp3) is 0.481. The summed E-state index contributed by atoms with van der Waals surface area (Å²) < 4.78 is 10.6. The van der Waals surface area contributed by atoms with Crippen LogP contribution in [0.4, 0.5) is 5.82 Å². The van der Waals surface area contributed by atoms with Gasteiger partial charge in [0.2, 0.25) is 17.7 Å². The van der Waals surface area contributed by atoms with E-state index in [0.717, 1.165) is 11.1 Å². The summed E-state index contributed by atoms with van der Waals surface area (Å²) in [4.78, 5) is 46.2. The molecule has 2 fully saturated rings. The number of rotatable bonds is 8. The maximum absolute atomic E-state index is 13.1. The van der Waals surface area contributed by atoms with E-state index in [-0.39, 0.29) is 36.0 Å². The van der Waals surface area contributed by atoms with E-state index in [2.05, 4.69) is 10.3 Å². The second-order valence-electron chi connectivity index (χ2n) is 9.49. The molecule has 0 spiro atoms. The van der Waals surface area contributed by atoms with Crippen molar-refractivity contribution in [1.82, 2.24) is 14.8 Å². The van der Waals surface area contributed by atoms with Gasteiger partial charge in [-0.05, 0) is 61.6 Å². The van der Waals surface area contributed by atoms with Crippen molar-refractivity contribution in [2.75, 3.05) is 45.7 Å². The average Bonchev–Trinajstić information content (AvgIpc) is 3.27. The first kappa shape index (κ1) is 25.5. The third-order valence-corrected chi connectivity index (χ3v) is 7.03. The second kappa shape index (κ2) is 11.4. The molecular formula is C27H34N4O5. The van der Waals surface area contributed by atoms with Crippen LogP contribution in [-0.2, 0) is 20.8 Å². The molecule has 3 heterocycles. The van der Waals surface area contributed by atoms with Gasteiger partial charge in [-0.3, -0.25) is 14.4 Å². The first-order valence-electron chi connectivity index (χ1n) is 12.4. The van der Waals surface area contributed by atoms with Gasteiger partial charge in [0, 0.05) is 44.7 Å². The molecule has 9 heteroatoms. The number of amides is 3. The minimum Gasteiger partial charge on any atom is -0.493 e. The zero-order chi connectivity index (χ0) is 25.7. The van der Waals surface area contributed by atoms with Gasteiger partial charge < -0.3 is 24.6 Å². The fourth-order valence-corrected chi connectivity index (χ4v) is 4.91. The van der Waals surface area contributed by atoms with Crippen molar-refractivity contribution >= 4 is 23.5 Å². The van der Waals surface area contributed by atoms with Gasteiger partial charge >= 0.3 is 0 Å². The number of anilines is 1. The average molecular weight is 495 g/mol. The number of carbonyl (C=O) groups excluding carboxylic acids is 3. The molecule has 0 aliphatic carbocycles. The fourth-order valence-electron chi connectivity index (χ4n) is 4.91. The Morgan fingerprint density at radius 2 is 1.81 bits per heavy atom. The lowest BCUT2D eigenvalue weighted by Gasteiger charge is -2.32. The molecule has 1 unspecified atom stereocenters. The molecule has 1 N–H and O–H groups in total. The van der Waals surface area contributed by atoms with Crippen LogP contribution in [0.3, 0.4) is 0 Å². The van der Waals surface area contributed by atoms with E-state index in [0.29, 0.717) is 62.8 Å². The van der Waals surface area contributed by atoms with Crippen LogP contribution in [0.15, 0.2) is 36.5 Å². The summed E-state index contributed by atoms with van der Waals surface area (Å²) in [6.07, 6.45) is 3.79. The molecule has 1 aromatic heterocycles. The van der Waals surface area contributed by atoms with Gasteiger partial charge in [0.1, 0.15) is 5.82 Å². The zero-order valence-electron chi connectivity index (χ0n) is 21.2. The maximum Gasteiger partial charge on any atom is 0.228 e. The number of aromatic nitrogens is 1. The van der Waals surface area contributed by atoms with E-state index in [9.17, 15) is 14.4 Å². The standard InChI is InChI=1S/C27H34N4O5/c1-18-6-10-28-24(14-18)29-26(33)20-8-12-30(13-9-20)27(34)21-16-25(32)31(17-21)11-7-19-4-5-22(35-2)23(15-19)36-3/h4-6,10,14-15,20-21H,7-9,11-13,16-17H2,1-3H3,(H,28,29,33). The van der Waals surface area contributed by atoms with E-state index in [1.54, 1.807) is 25.3 Å². The normalized spacial score (nSPS) is 18.3. The molecular weight excluding hydrogens is 460 g/mol. The number of methoxy groups -OCH3 is 2. The minimum absolute atomic E-state index is 0.00810. The van der Waals surface area contributed by atoms with E-state index in [4.69, 9.17) is 9.47 Å². The molecule has 4 rings (SSSR count). The largest absolute Gasteiger partial charge is 0.493 e. The Kier molecular flexibility index (Phi) is 8.07. The van der Waals surface area contributed by atoms with Gasteiger partial charge in [-0.2, -0.15) is 0 Å². The quantitative estimate of drug-likeness (QED) is 0.606. The van der Waals surface area contributed by atoms with Crippen molar-refractivity contribution in [1.29, 1.82) is 0 Å². The van der Waals surface area contributed by atoms with Crippen molar-refractivity contribution < 1.29 is 23.9 Å². The number of likely N-dealkylation sites (tertiary alicyclic amines) is 2. The summed E-state index contributed by atoms with van der Waals surface area (Å²) in [5.74, 6) is 1.35. The predicted molar refractivity (Wildman–Crippen MR) is 135 cm³/mol. The van der Waals surface area contributed by atoms with Crippen molar-refractivity contribution in [2.24, 2.45) is 11.8 Å². The molecule has 1 aromatic carbocycles. The lowest BCUT2D eigenvalue weighted by molar-refractivity contribution is -0.138. The molecule has 192 valence electrons. The van der Waals surface area contributed by atoms with Gasteiger partial charge in [0.05, 0.1) is 20.1 Å². The summed E-state index contributed by atoms with van der Waals surface area (Å²) in [5, 5.41) is 2.88. The smallest absolute Gasteiger partial charge is 0.228 e. The Labute approximate surface area is 211 Å². The Balaban J connectivity index is 1.25. The van der Waals surface area contributed by atoms with Crippen molar-refractivity contribution in [2.45, 2.75) is 32.6 Å². The molecule has 0 bridgehead atoms. The highest BCUT2D eigenvalue weighted by molar-refractivity contribution is 5.92. The summed E-state index contributed by atoms with van der Waals surface area (Å²) in [5.41, 5.74) is 2.07. The Morgan fingerprint density at radius 3 is 2.50 bits per heavy atom. The highest BCUT2D eigenvalue weighted by atomic mass is 16.5.